The van der Waals surface area contributed by atoms with Gasteiger partial charge in [-0.3, -0.25) is 20.4 Å². The van der Waals surface area contributed by atoms with E-state index in [-0.39, 0.29) is 17.1 Å². The molecular weight excluding hydrogens is 328 g/mol. The van der Waals surface area contributed by atoms with Crippen LogP contribution in [-0.2, 0) is 21.1 Å². The van der Waals surface area contributed by atoms with E-state index in [0.717, 1.165) is 0 Å². The molecule has 0 bridgehead atoms. The highest BCUT2D eigenvalue weighted by Gasteiger charge is 2.12. The highest BCUT2D eigenvalue weighted by atomic mass is 32.2. The highest BCUT2D eigenvalue weighted by Crippen LogP contribution is 2.12. The topological polar surface area (TPSA) is 92.3 Å². The Morgan fingerprint density at radius 2 is 1.54 bits per heavy atom. The molecule has 0 unspecified atom stereocenters. The van der Waals surface area contributed by atoms with E-state index in [1.807, 2.05) is 0 Å². The second-order valence-corrected chi connectivity index (χ2v) is 7.37. The fourth-order valence-electron chi connectivity index (χ4n) is 2.00. The van der Waals surface area contributed by atoms with Crippen molar-refractivity contribution in [1.82, 2.24) is 10.9 Å². The molecule has 0 aliphatic carbocycles. The van der Waals surface area contributed by atoms with Gasteiger partial charge in [-0.2, -0.15) is 0 Å². The van der Waals surface area contributed by atoms with E-state index in [2.05, 4.69) is 10.9 Å². The zero-order valence-electron chi connectivity index (χ0n) is 13.2. The lowest BCUT2D eigenvalue weighted by atomic mass is 10.1. The molecule has 2 aromatic carbocycles. The van der Waals surface area contributed by atoms with Gasteiger partial charge in [0.25, 0.3) is 5.91 Å². The Morgan fingerprint density at radius 1 is 0.917 bits per heavy atom. The normalized spacial score (nSPS) is 10.9. The Labute approximate surface area is 140 Å². The van der Waals surface area contributed by atoms with Crippen LogP contribution in [0, 0.1) is 0 Å². The molecule has 0 aliphatic rings. The van der Waals surface area contributed by atoms with Crippen molar-refractivity contribution < 1.29 is 18.0 Å². The molecule has 2 amide bonds. The molecule has 2 N–H and O–H groups in total. The summed E-state index contributed by atoms with van der Waals surface area (Å²) < 4.78 is 23.4. The molecule has 0 atom stereocenters. The molecule has 24 heavy (non-hydrogen) atoms. The van der Waals surface area contributed by atoms with Crippen LogP contribution >= 0.6 is 0 Å². The summed E-state index contributed by atoms with van der Waals surface area (Å²) in [4.78, 5) is 23.9. The van der Waals surface area contributed by atoms with Gasteiger partial charge < -0.3 is 0 Å². The van der Waals surface area contributed by atoms with Crippen molar-refractivity contribution in [3.05, 3.63) is 65.7 Å². The molecular formula is C17H18N2O4S. The number of rotatable bonds is 5. The first-order valence-corrected chi connectivity index (χ1v) is 9.03. The van der Waals surface area contributed by atoms with Crippen molar-refractivity contribution in [2.45, 2.75) is 18.2 Å². The van der Waals surface area contributed by atoms with Crippen LogP contribution < -0.4 is 10.9 Å². The van der Waals surface area contributed by atoms with Gasteiger partial charge in [0.2, 0.25) is 5.91 Å². The van der Waals surface area contributed by atoms with E-state index < -0.39 is 21.7 Å². The van der Waals surface area contributed by atoms with Gasteiger partial charge in [0, 0.05) is 5.56 Å². The Hall–Kier alpha value is -2.67. The van der Waals surface area contributed by atoms with Gasteiger partial charge >= 0.3 is 0 Å². The van der Waals surface area contributed by atoms with Crippen molar-refractivity contribution in [2.24, 2.45) is 0 Å². The predicted octanol–water partition coefficient (Wildman–Crippen LogP) is 1.48. The quantitative estimate of drug-likeness (QED) is 0.802. The Kier molecular flexibility index (Phi) is 5.70. The monoisotopic (exact) mass is 346 g/mol. The van der Waals surface area contributed by atoms with E-state index in [4.69, 9.17) is 0 Å². The number of nitrogens with one attached hydrogen (secondary N) is 2. The maximum absolute atomic E-state index is 11.8. The third-order valence-corrected chi connectivity index (χ3v) is 5.13. The maximum Gasteiger partial charge on any atom is 0.269 e. The molecule has 0 fully saturated rings. The Balaban J connectivity index is 1.90. The molecule has 126 valence electrons. The van der Waals surface area contributed by atoms with Crippen LogP contribution in [0.15, 0.2) is 59.5 Å². The number of amides is 2. The van der Waals surface area contributed by atoms with Gasteiger partial charge in [0.15, 0.2) is 9.84 Å². The van der Waals surface area contributed by atoms with Crippen molar-refractivity contribution in [2.75, 3.05) is 5.75 Å². The lowest BCUT2D eigenvalue weighted by Gasteiger charge is -2.08. The minimum atomic E-state index is -3.25. The van der Waals surface area contributed by atoms with Gasteiger partial charge in [-0.1, -0.05) is 37.3 Å². The van der Waals surface area contributed by atoms with Gasteiger partial charge in [0.1, 0.15) is 0 Å². The van der Waals surface area contributed by atoms with Gasteiger partial charge in [-0.05, 0) is 29.8 Å². The molecule has 7 heteroatoms. The van der Waals surface area contributed by atoms with E-state index in [9.17, 15) is 18.0 Å². The van der Waals surface area contributed by atoms with Gasteiger partial charge in [-0.25, -0.2) is 8.42 Å². The molecule has 0 aromatic heterocycles. The van der Waals surface area contributed by atoms with Crippen LogP contribution in [0.4, 0.5) is 0 Å². The lowest BCUT2D eigenvalue weighted by molar-refractivity contribution is -0.121. The third kappa shape index (κ3) is 4.66. The Morgan fingerprint density at radius 3 is 2.12 bits per heavy atom. The zero-order valence-corrected chi connectivity index (χ0v) is 14.0. The number of carbonyl (C=O) groups excluding carboxylic acids is 2. The standard InChI is InChI=1S/C17H18N2O4S/c1-2-24(22,23)15-10-8-13(9-11-15)12-16(20)18-19-17(21)14-6-4-3-5-7-14/h3-11H,2,12H2,1H3,(H,18,20)(H,19,21). The SMILES string of the molecule is CCS(=O)(=O)c1ccc(CC(=O)NNC(=O)c2ccccc2)cc1. The summed E-state index contributed by atoms with van der Waals surface area (Å²) in [5.74, 6) is -0.781. The molecule has 2 rings (SSSR count). The molecule has 2 aromatic rings. The molecule has 0 radical (unpaired) electrons. The summed E-state index contributed by atoms with van der Waals surface area (Å²) in [5, 5.41) is 0. The van der Waals surface area contributed by atoms with Crippen LogP contribution in [0.5, 0.6) is 0 Å². The van der Waals surface area contributed by atoms with E-state index in [1.54, 1.807) is 49.4 Å². The molecule has 0 heterocycles. The average Bonchev–Trinajstić information content (AvgIpc) is 2.61. The van der Waals surface area contributed by atoms with Crippen LogP contribution in [0.2, 0.25) is 0 Å². The van der Waals surface area contributed by atoms with Crippen LogP contribution in [0.25, 0.3) is 0 Å². The lowest BCUT2D eigenvalue weighted by Crippen LogP contribution is -2.42. The number of hydrazine groups is 1. The second kappa shape index (κ2) is 7.74. The minimum absolute atomic E-state index is 0.0261. The van der Waals surface area contributed by atoms with Gasteiger partial charge in [0.05, 0.1) is 17.1 Å². The fraction of sp³-hybridized carbons (Fsp3) is 0.176. The van der Waals surface area contributed by atoms with Crippen molar-refractivity contribution >= 4 is 21.7 Å². The number of hydrogen-bond donors (Lipinski definition) is 2. The first-order valence-electron chi connectivity index (χ1n) is 7.38. The average molecular weight is 346 g/mol. The molecule has 0 saturated heterocycles. The van der Waals surface area contributed by atoms with Crippen LogP contribution in [0.3, 0.4) is 0 Å². The number of sulfone groups is 1. The summed E-state index contributed by atoms with van der Waals surface area (Å²) in [6.07, 6.45) is 0.0293. The van der Waals surface area contributed by atoms with Crippen molar-refractivity contribution in [3.8, 4) is 0 Å². The van der Waals surface area contributed by atoms with E-state index >= 15 is 0 Å². The number of carbonyl (C=O) groups is 2. The third-order valence-electron chi connectivity index (χ3n) is 3.38. The molecule has 6 nitrogen and oxygen atoms in total. The summed E-state index contributed by atoms with van der Waals surface area (Å²) in [7, 11) is -3.25. The van der Waals surface area contributed by atoms with Gasteiger partial charge in [-0.15, -0.1) is 0 Å². The van der Waals surface area contributed by atoms with E-state index in [0.29, 0.717) is 11.1 Å². The first kappa shape index (κ1) is 17.7. The van der Waals surface area contributed by atoms with E-state index in [1.165, 1.54) is 12.1 Å². The first-order chi connectivity index (χ1) is 11.4. The highest BCUT2D eigenvalue weighted by molar-refractivity contribution is 7.91. The minimum Gasteiger partial charge on any atom is -0.273 e. The summed E-state index contributed by atoms with van der Waals surface area (Å²) in [6.45, 7) is 1.58. The maximum atomic E-state index is 11.8. The number of benzene rings is 2. The zero-order chi connectivity index (χ0) is 17.6. The second-order valence-electron chi connectivity index (χ2n) is 5.09. The Bertz CT molecular complexity index is 815. The predicted molar refractivity (Wildman–Crippen MR) is 89.9 cm³/mol. The van der Waals surface area contributed by atoms with Crippen molar-refractivity contribution in [3.63, 3.8) is 0 Å². The largest absolute Gasteiger partial charge is 0.273 e. The fourth-order valence-corrected chi connectivity index (χ4v) is 2.88. The van der Waals surface area contributed by atoms with Crippen LogP contribution in [0.1, 0.15) is 22.8 Å². The molecule has 0 aliphatic heterocycles. The summed E-state index contributed by atoms with van der Waals surface area (Å²) in [6, 6.07) is 14.6. The summed E-state index contributed by atoms with van der Waals surface area (Å²) in [5.41, 5.74) is 5.74. The summed E-state index contributed by atoms with van der Waals surface area (Å²) >= 11 is 0. The smallest absolute Gasteiger partial charge is 0.269 e. The van der Waals surface area contributed by atoms with Crippen molar-refractivity contribution in [1.29, 1.82) is 0 Å². The number of hydrogen-bond acceptors (Lipinski definition) is 4. The van der Waals surface area contributed by atoms with Crippen LogP contribution in [-0.4, -0.2) is 26.0 Å². The molecule has 0 spiro atoms. The molecule has 0 saturated carbocycles.